The average molecular weight is 275 g/mol. The van der Waals surface area contributed by atoms with Gasteiger partial charge in [0.05, 0.1) is 23.9 Å². The number of carbonyl (C=O) groups excluding carboxylic acids is 1. The minimum absolute atomic E-state index is 0.0684. The van der Waals surface area contributed by atoms with Crippen molar-refractivity contribution < 1.29 is 22.4 Å². The predicted octanol–water partition coefficient (Wildman–Crippen LogP) is 1.79. The van der Waals surface area contributed by atoms with Gasteiger partial charge in [0.15, 0.2) is 0 Å². The van der Waals surface area contributed by atoms with E-state index in [2.05, 4.69) is 5.32 Å². The number of amides is 1. The van der Waals surface area contributed by atoms with Crippen molar-refractivity contribution in [3.8, 4) is 6.07 Å². The Kier molecular flexibility index (Phi) is 4.69. The van der Waals surface area contributed by atoms with E-state index in [0.717, 1.165) is 6.07 Å². The maximum absolute atomic E-state index is 13.3. The van der Waals surface area contributed by atoms with Gasteiger partial charge in [0.2, 0.25) is 5.91 Å². The lowest BCUT2D eigenvalue weighted by atomic mass is 10.2. The van der Waals surface area contributed by atoms with Crippen LogP contribution in [-0.2, 0) is 4.79 Å². The Labute approximate surface area is 106 Å². The summed E-state index contributed by atoms with van der Waals surface area (Å²) in [7, 11) is 0. The maximum atomic E-state index is 13.3. The van der Waals surface area contributed by atoms with E-state index < -0.39 is 31.0 Å². The van der Waals surface area contributed by atoms with Gasteiger partial charge in [0, 0.05) is 0 Å². The van der Waals surface area contributed by atoms with Gasteiger partial charge >= 0.3 is 6.18 Å². The van der Waals surface area contributed by atoms with Crippen molar-refractivity contribution in [3.05, 3.63) is 29.6 Å². The molecule has 0 aliphatic carbocycles. The number of nitrogens with zero attached hydrogens (tertiary/aromatic N) is 1. The van der Waals surface area contributed by atoms with Gasteiger partial charge in [-0.3, -0.25) is 4.79 Å². The first kappa shape index (κ1) is 14.8. The number of hydrogen-bond acceptors (Lipinski definition) is 3. The molecule has 0 heterocycles. The normalized spacial score (nSPS) is 10.7. The largest absolute Gasteiger partial charge is 0.405 e. The molecule has 0 unspecified atom stereocenters. The van der Waals surface area contributed by atoms with Crippen molar-refractivity contribution in [3.63, 3.8) is 0 Å². The van der Waals surface area contributed by atoms with Crippen LogP contribution in [0, 0.1) is 17.1 Å². The number of anilines is 1. The third kappa shape index (κ3) is 5.25. The van der Waals surface area contributed by atoms with Crippen LogP contribution in [-0.4, -0.2) is 25.2 Å². The number of benzene rings is 1. The minimum atomic E-state index is -4.49. The second kappa shape index (κ2) is 6.04. The Balaban J connectivity index is 2.49. The van der Waals surface area contributed by atoms with Crippen molar-refractivity contribution >= 4 is 11.6 Å². The lowest BCUT2D eigenvalue weighted by Crippen LogP contribution is -2.37. The SMILES string of the molecule is N#Cc1ccc(NCC(=O)NCC(F)(F)F)c(F)c1. The highest BCUT2D eigenvalue weighted by Gasteiger charge is 2.27. The second-order valence-electron chi connectivity index (χ2n) is 3.55. The van der Waals surface area contributed by atoms with Crippen LogP contribution in [0.25, 0.3) is 0 Å². The Morgan fingerprint density at radius 3 is 2.58 bits per heavy atom. The molecule has 0 aliphatic rings. The lowest BCUT2D eigenvalue weighted by Gasteiger charge is -2.10. The number of nitrogens with one attached hydrogen (secondary N) is 2. The molecule has 1 amide bonds. The summed E-state index contributed by atoms with van der Waals surface area (Å²) in [5, 5.41) is 12.5. The molecule has 0 spiro atoms. The molecule has 4 nitrogen and oxygen atoms in total. The van der Waals surface area contributed by atoms with Crippen molar-refractivity contribution in [2.75, 3.05) is 18.4 Å². The Bertz CT molecular complexity index is 508. The standard InChI is InChI=1S/C11H9F4N3O/c12-8-3-7(4-16)1-2-9(8)17-5-10(19)18-6-11(13,14)15/h1-3,17H,5-6H2,(H,18,19). The molecule has 0 saturated heterocycles. The fraction of sp³-hybridized carbons (Fsp3) is 0.273. The van der Waals surface area contributed by atoms with Gasteiger partial charge in [-0.25, -0.2) is 4.39 Å². The third-order valence-corrected chi connectivity index (χ3v) is 2.02. The van der Waals surface area contributed by atoms with Crippen LogP contribution in [0.2, 0.25) is 0 Å². The summed E-state index contributed by atoms with van der Waals surface area (Å²) in [4.78, 5) is 11.0. The van der Waals surface area contributed by atoms with Crippen LogP contribution in [0.5, 0.6) is 0 Å². The molecule has 19 heavy (non-hydrogen) atoms. The molecule has 8 heteroatoms. The summed E-state index contributed by atoms with van der Waals surface area (Å²) in [5.74, 6) is -1.68. The summed E-state index contributed by atoms with van der Waals surface area (Å²) in [5.41, 5.74) is 0.0331. The van der Waals surface area contributed by atoms with E-state index in [1.54, 1.807) is 11.4 Å². The number of alkyl halides is 3. The van der Waals surface area contributed by atoms with Crippen molar-refractivity contribution in [1.82, 2.24) is 5.32 Å². The first-order chi connectivity index (χ1) is 8.81. The van der Waals surface area contributed by atoms with Gasteiger partial charge < -0.3 is 10.6 Å². The Morgan fingerprint density at radius 2 is 2.05 bits per heavy atom. The fourth-order valence-electron chi connectivity index (χ4n) is 1.16. The van der Waals surface area contributed by atoms with E-state index in [-0.39, 0.29) is 11.3 Å². The zero-order valence-electron chi connectivity index (χ0n) is 9.51. The molecule has 0 aromatic heterocycles. The minimum Gasteiger partial charge on any atom is -0.374 e. The zero-order chi connectivity index (χ0) is 14.5. The van der Waals surface area contributed by atoms with Crippen LogP contribution >= 0.6 is 0 Å². The van der Waals surface area contributed by atoms with Crippen LogP contribution < -0.4 is 10.6 Å². The predicted molar refractivity (Wildman–Crippen MR) is 58.7 cm³/mol. The fourth-order valence-corrected chi connectivity index (χ4v) is 1.16. The molecule has 1 aromatic rings. The lowest BCUT2D eigenvalue weighted by molar-refractivity contribution is -0.137. The van der Waals surface area contributed by atoms with Gasteiger partial charge in [-0.05, 0) is 18.2 Å². The molecule has 102 valence electrons. The third-order valence-electron chi connectivity index (χ3n) is 2.02. The monoisotopic (exact) mass is 275 g/mol. The van der Waals surface area contributed by atoms with E-state index in [1.165, 1.54) is 12.1 Å². The molecule has 0 radical (unpaired) electrons. The van der Waals surface area contributed by atoms with E-state index in [0.29, 0.717) is 0 Å². The molecule has 0 saturated carbocycles. The van der Waals surface area contributed by atoms with Crippen LogP contribution in [0.1, 0.15) is 5.56 Å². The smallest absolute Gasteiger partial charge is 0.374 e. The van der Waals surface area contributed by atoms with Gasteiger partial charge in [-0.2, -0.15) is 18.4 Å². The van der Waals surface area contributed by atoms with Crippen molar-refractivity contribution in [2.24, 2.45) is 0 Å². The van der Waals surface area contributed by atoms with Gasteiger partial charge in [0.1, 0.15) is 12.4 Å². The van der Waals surface area contributed by atoms with Crippen molar-refractivity contribution in [1.29, 1.82) is 5.26 Å². The summed E-state index contributed by atoms with van der Waals surface area (Å²) in [6.45, 7) is -1.94. The summed E-state index contributed by atoms with van der Waals surface area (Å²) in [6, 6.07) is 5.22. The highest BCUT2D eigenvalue weighted by molar-refractivity contribution is 5.80. The highest BCUT2D eigenvalue weighted by Crippen LogP contribution is 2.15. The molecule has 0 atom stereocenters. The van der Waals surface area contributed by atoms with E-state index >= 15 is 0 Å². The first-order valence-electron chi connectivity index (χ1n) is 5.09. The molecule has 1 aromatic carbocycles. The number of hydrogen-bond donors (Lipinski definition) is 2. The summed E-state index contributed by atoms with van der Waals surface area (Å²) < 4.78 is 48.7. The Hall–Kier alpha value is -2.30. The van der Waals surface area contributed by atoms with Gasteiger partial charge in [-0.1, -0.05) is 0 Å². The van der Waals surface area contributed by atoms with Crippen LogP contribution in [0.4, 0.5) is 23.2 Å². The second-order valence-corrected chi connectivity index (χ2v) is 3.55. The molecular formula is C11H9F4N3O. The topological polar surface area (TPSA) is 64.9 Å². The molecule has 0 bridgehead atoms. The zero-order valence-corrected chi connectivity index (χ0v) is 9.51. The van der Waals surface area contributed by atoms with Gasteiger partial charge in [-0.15, -0.1) is 0 Å². The van der Waals surface area contributed by atoms with Crippen molar-refractivity contribution in [2.45, 2.75) is 6.18 Å². The quantitative estimate of drug-likeness (QED) is 0.823. The summed E-state index contributed by atoms with van der Waals surface area (Å²) in [6.07, 6.45) is -4.49. The molecule has 0 fully saturated rings. The van der Waals surface area contributed by atoms with Gasteiger partial charge in [0.25, 0.3) is 0 Å². The molecule has 0 aliphatic heterocycles. The average Bonchev–Trinajstić information content (AvgIpc) is 2.34. The number of nitriles is 1. The molecular weight excluding hydrogens is 266 g/mol. The number of carbonyl (C=O) groups is 1. The van der Waals surface area contributed by atoms with E-state index in [1.807, 2.05) is 0 Å². The Morgan fingerprint density at radius 1 is 1.37 bits per heavy atom. The number of halogens is 4. The molecule has 1 rings (SSSR count). The van der Waals surface area contributed by atoms with E-state index in [9.17, 15) is 22.4 Å². The highest BCUT2D eigenvalue weighted by atomic mass is 19.4. The first-order valence-corrected chi connectivity index (χ1v) is 5.09. The van der Waals surface area contributed by atoms with Crippen LogP contribution in [0.3, 0.4) is 0 Å². The van der Waals surface area contributed by atoms with Crippen LogP contribution in [0.15, 0.2) is 18.2 Å². The van der Waals surface area contributed by atoms with E-state index in [4.69, 9.17) is 5.26 Å². The summed E-state index contributed by atoms with van der Waals surface area (Å²) >= 11 is 0. The number of rotatable bonds is 4. The maximum Gasteiger partial charge on any atom is 0.405 e. The molecule has 2 N–H and O–H groups in total.